The van der Waals surface area contributed by atoms with E-state index in [0.29, 0.717) is 0 Å². The Morgan fingerprint density at radius 3 is 2.88 bits per heavy atom. The number of rotatable bonds is 0. The lowest BCUT2D eigenvalue weighted by Gasteiger charge is -2.01. The second kappa shape index (κ2) is 2.49. The average Bonchev–Trinajstić information content (AvgIpc) is 3.07. The zero-order chi connectivity index (χ0) is 10.7. The van der Waals surface area contributed by atoms with Gasteiger partial charge in [-0.25, -0.2) is 0 Å². The normalized spacial score (nSPS) is 12.1. The number of hydrogen-bond acceptors (Lipinski definition) is 2. The van der Waals surface area contributed by atoms with Gasteiger partial charge in [-0.15, -0.1) is 0 Å². The van der Waals surface area contributed by atoms with Gasteiger partial charge < -0.3 is 0 Å². The maximum absolute atomic E-state index is 4.58. The minimum Gasteiger partial charge on any atom is -0.253 e. The fourth-order valence-electron chi connectivity index (χ4n) is 2.15. The number of pyridine rings is 2. The molecule has 2 heterocycles. The van der Waals surface area contributed by atoms with Gasteiger partial charge in [0.25, 0.3) is 0 Å². The van der Waals surface area contributed by atoms with Crippen LogP contribution in [0, 0.1) is 6.92 Å². The lowest BCUT2D eigenvalue weighted by molar-refractivity contribution is 1.25. The van der Waals surface area contributed by atoms with E-state index in [-0.39, 0.29) is 0 Å². The van der Waals surface area contributed by atoms with Crippen molar-refractivity contribution in [3.63, 3.8) is 0 Å². The van der Waals surface area contributed by atoms with E-state index < -0.39 is 0 Å². The van der Waals surface area contributed by atoms with Crippen LogP contribution in [0.4, 0.5) is 0 Å². The van der Waals surface area contributed by atoms with Crippen molar-refractivity contribution in [2.45, 2.75) is 6.92 Å². The van der Waals surface area contributed by atoms with E-state index >= 15 is 0 Å². The molecule has 0 amide bonds. The molecule has 0 spiro atoms. The summed E-state index contributed by atoms with van der Waals surface area (Å²) < 4.78 is 0. The zero-order valence-corrected chi connectivity index (χ0v) is 8.78. The van der Waals surface area contributed by atoms with Gasteiger partial charge in [0.2, 0.25) is 0 Å². The summed E-state index contributed by atoms with van der Waals surface area (Å²) in [4.78, 5) is 9.05. The second-order valence-corrected chi connectivity index (χ2v) is 4.16. The van der Waals surface area contributed by atoms with E-state index in [2.05, 4.69) is 33.9 Å². The fourth-order valence-corrected chi connectivity index (χ4v) is 2.15. The molecule has 4 rings (SSSR count). The van der Waals surface area contributed by atoms with Crippen molar-refractivity contribution in [3.05, 3.63) is 46.6 Å². The largest absolute Gasteiger partial charge is 0.253 e. The highest BCUT2D eigenvalue weighted by atomic mass is 14.7. The Kier molecular flexibility index (Phi) is 1.25. The van der Waals surface area contributed by atoms with Crippen LogP contribution in [0.5, 0.6) is 0 Å². The third-order valence-corrected chi connectivity index (χ3v) is 3.03. The number of aromatic nitrogens is 2. The van der Waals surface area contributed by atoms with Crippen LogP contribution in [0.3, 0.4) is 0 Å². The van der Waals surface area contributed by atoms with E-state index in [1.807, 2.05) is 19.2 Å². The number of benzene rings is 1. The summed E-state index contributed by atoms with van der Waals surface area (Å²) in [5.41, 5.74) is 6.23. The molecule has 0 aliphatic heterocycles. The topological polar surface area (TPSA) is 25.8 Å². The molecule has 0 saturated heterocycles. The maximum atomic E-state index is 4.58. The first kappa shape index (κ1) is 8.03. The van der Waals surface area contributed by atoms with Crippen LogP contribution in [0.1, 0.15) is 5.69 Å². The molecule has 1 aliphatic carbocycles. The van der Waals surface area contributed by atoms with E-state index in [9.17, 15) is 0 Å². The Morgan fingerprint density at radius 2 is 1.94 bits per heavy atom. The molecule has 1 aromatic carbocycles. The molecule has 0 atom stereocenters. The average molecular weight is 204 g/mol. The van der Waals surface area contributed by atoms with Crippen molar-refractivity contribution in [3.8, 4) is 0 Å². The van der Waals surface area contributed by atoms with Crippen LogP contribution in [0.15, 0.2) is 30.5 Å². The molecule has 2 aromatic heterocycles. The summed E-state index contributed by atoms with van der Waals surface area (Å²) in [6.07, 6.45) is 1.88. The van der Waals surface area contributed by atoms with Crippen molar-refractivity contribution in [2.24, 2.45) is 0 Å². The van der Waals surface area contributed by atoms with E-state index in [1.54, 1.807) is 0 Å². The van der Waals surface area contributed by atoms with Gasteiger partial charge >= 0.3 is 0 Å². The van der Waals surface area contributed by atoms with Crippen molar-refractivity contribution in [2.75, 3.05) is 0 Å². The third-order valence-electron chi connectivity index (χ3n) is 3.03. The van der Waals surface area contributed by atoms with Gasteiger partial charge in [0, 0.05) is 27.9 Å². The van der Waals surface area contributed by atoms with Crippen LogP contribution >= 0.6 is 0 Å². The Balaban J connectivity index is 2.33. The van der Waals surface area contributed by atoms with Crippen LogP contribution in [-0.2, 0) is 0 Å². The van der Waals surface area contributed by atoms with Crippen molar-refractivity contribution >= 4 is 27.5 Å². The number of nitrogens with zero attached hydrogens (tertiary/aromatic N) is 2. The minimum atomic E-state index is 0.991. The highest BCUT2D eigenvalue weighted by molar-refractivity contribution is 6.03. The molecule has 0 unspecified atom stereocenters. The highest BCUT2D eigenvalue weighted by Crippen LogP contribution is 2.19. The van der Waals surface area contributed by atoms with Crippen molar-refractivity contribution < 1.29 is 0 Å². The molecular formula is C14H8N2. The fraction of sp³-hybridized carbons (Fsp3) is 0.0714. The third kappa shape index (κ3) is 0.918. The first-order valence-electron chi connectivity index (χ1n) is 5.29. The number of fused-ring (bicyclic) bond motifs is 5. The van der Waals surface area contributed by atoms with Gasteiger partial charge in [-0.05, 0) is 13.0 Å². The van der Waals surface area contributed by atoms with Gasteiger partial charge in [0.1, 0.15) is 0 Å². The van der Waals surface area contributed by atoms with Crippen LogP contribution in [0.2, 0.25) is 0 Å². The monoisotopic (exact) mass is 204 g/mol. The summed E-state index contributed by atoms with van der Waals surface area (Å²) in [5, 5.41) is 4.66. The minimum absolute atomic E-state index is 0.991. The van der Waals surface area contributed by atoms with Crippen LogP contribution in [-0.4, -0.2) is 9.97 Å². The van der Waals surface area contributed by atoms with Gasteiger partial charge in [-0.2, -0.15) is 0 Å². The zero-order valence-electron chi connectivity index (χ0n) is 8.78. The number of hydrogen-bond donors (Lipinski definition) is 0. The van der Waals surface area contributed by atoms with Gasteiger partial charge in [0.15, 0.2) is 0 Å². The Hall–Kier alpha value is -2.18. The smallest absolute Gasteiger partial charge is 0.0977 e. The summed E-state index contributed by atoms with van der Waals surface area (Å²) in [6.45, 7) is 2.01. The molecule has 0 fully saturated rings. The second-order valence-electron chi connectivity index (χ2n) is 4.16. The standard InChI is InChI=1S/C14H8N2/c1-8-2-3-9-4-5-11-12-6-10(12)7-15-14(11)13(9)16-8/h2-5,7H,1H3. The van der Waals surface area contributed by atoms with Crippen LogP contribution in [0.25, 0.3) is 27.5 Å². The quantitative estimate of drug-likeness (QED) is 0.402. The molecule has 1 aliphatic rings. The molecule has 2 nitrogen and oxygen atoms in total. The Labute approximate surface area is 91.6 Å². The van der Waals surface area contributed by atoms with Crippen LogP contribution < -0.4 is 10.4 Å². The van der Waals surface area contributed by atoms with E-state index in [0.717, 1.165) is 27.3 Å². The van der Waals surface area contributed by atoms with E-state index in [4.69, 9.17) is 0 Å². The Morgan fingerprint density at radius 1 is 1.06 bits per heavy atom. The SMILES string of the molecule is Cc1ccc2ccc3c4c(cnc3c2n1)=C=4. The lowest BCUT2D eigenvalue weighted by Crippen LogP contribution is -2.09. The predicted octanol–water partition coefficient (Wildman–Crippen LogP) is 1.16. The molecule has 2 heteroatoms. The highest BCUT2D eigenvalue weighted by Gasteiger charge is 2.08. The van der Waals surface area contributed by atoms with Crippen molar-refractivity contribution in [1.82, 2.24) is 9.97 Å². The van der Waals surface area contributed by atoms with Gasteiger partial charge in [-0.1, -0.05) is 23.9 Å². The molecule has 0 saturated carbocycles. The summed E-state index contributed by atoms with van der Waals surface area (Å²) >= 11 is 0. The van der Waals surface area contributed by atoms with Gasteiger partial charge in [0.05, 0.1) is 16.3 Å². The molecule has 74 valence electrons. The first-order valence-corrected chi connectivity index (χ1v) is 5.29. The molecular weight excluding hydrogens is 196 g/mol. The molecule has 0 bridgehead atoms. The molecule has 0 radical (unpaired) electrons. The molecule has 3 aromatic rings. The van der Waals surface area contributed by atoms with Crippen molar-refractivity contribution in [1.29, 1.82) is 0 Å². The summed E-state index contributed by atoms with van der Waals surface area (Å²) in [5.74, 6) is 0. The predicted molar refractivity (Wildman–Crippen MR) is 63.5 cm³/mol. The van der Waals surface area contributed by atoms with Gasteiger partial charge in [-0.3, -0.25) is 9.97 Å². The summed E-state index contributed by atoms with van der Waals surface area (Å²) in [6, 6.07) is 8.34. The molecule has 0 N–H and O–H groups in total. The molecule has 16 heavy (non-hydrogen) atoms. The number of aryl methyl sites for hydroxylation is 1. The maximum Gasteiger partial charge on any atom is 0.0977 e. The lowest BCUT2D eigenvalue weighted by atomic mass is 10.1. The first-order chi connectivity index (χ1) is 7.83. The summed E-state index contributed by atoms with van der Waals surface area (Å²) in [7, 11) is 0. The Bertz CT molecular complexity index is 888. The van der Waals surface area contributed by atoms with E-state index in [1.165, 1.54) is 10.6 Å².